The maximum Gasteiger partial charge on any atom is 0.102 e. The average molecular weight is 211 g/mol. The quantitative estimate of drug-likeness (QED) is 0.825. The van der Waals surface area contributed by atoms with Crippen LogP contribution in [0.4, 0.5) is 4.39 Å². The number of halogens is 1. The fourth-order valence-corrected chi connectivity index (χ4v) is 2.18. The zero-order valence-electron chi connectivity index (χ0n) is 9.33. The molecule has 1 aliphatic rings. The lowest BCUT2D eigenvalue weighted by molar-refractivity contribution is 0.333. The monoisotopic (exact) mass is 211 g/mol. The van der Waals surface area contributed by atoms with E-state index in [1.54, 1.807) is 0 Å². The van der Waals surface area contributed by atoms with Crippen molar-refractivity contribution >= 4 is 0 Å². The summed E-state index contributed by atoms with van der Waals surface area (Å²) in [4.78, 5) is 0. The summed E-state index contributed by atoms with van der Waals surface area (Å²) in [5.41, 5.74) is 2.39. The highest BCUT2D eigenvalue weighted by Gasteiger charge is 2.23. The summed E-state index contributed by atoms with van der Waals surface area (Å²) < 4.78 is 14.8. The molecule has 0 aliphatic heterocycles. The van der Waals surface area contributed by atoms with Gasteiger partial charge >= 0.3 is 0 Å². The predicted molar refractivity (Wildman–Crippen MR) is 57.3 cm³/mol. The van der Waals surface area contributed by atoms with E-state index < -0.39 is 6.17 Å². The van der Waals surface area contributed by atoms with Crippen molar-refractivity contribution in [2.75, 3.05) is 0 Å². The molecule has 2 rings (SSSR count). The molecule has 0 bridgehead atoms. The van der Waals surface area contributed by atoms with Gasteiger partial charge in [0.15, 0.2) is 0 Å². The molecule has 2 atom stereocenters. The van der Waals surface area contributed by atoms with Gasteiger partial charge in [-0.15, -0.1) is 0 Å². The predicted octanol–water partition coefficient (Wildman–Crippen LogP) is 1.71. The number of alkyl halides is 1. The normalized spacial score (nSPS) is 26.1. The Balaban J connectivity index is 1.88. The van der Waals surface area contributed by atoms with Crippen molar-refractivity contribution in [2.45, 2.75) is 44.9 Å². The van der Waals surface area contributed by atoms with Gasteiger partial charge in [-0.25, -0.2) is 4.39 Å². The van der Waals surface area contributed by atoms with Crippen LogP contribution in [-0.2, 0) is 13.6 Å². The van der Waals surface area contributed by atoms with Crippen LogP contribution in [0.2, 0.25) is 0 Å². The number of rotatable bonds is 3. The van der Waals surface area contributed by atoms with Gasteiger partial charge in [0.05, 0.1) is 11.9 Å². The second-order valence-electron chi connectivity index (χ2n) is 4.39. The maximum absolute atomic E-state index is 12.9. The Hall–Kier alpha value is -0.900. The molecule has 0 amide bonds. The molecule has 0 unspecified atom stereocenters. The van der Waals surface area contributed by atoms with Gasteiger partial charge in [0.2, 0.25) is 0 Å². The van der Waals surface area contributed by atoms with Crippen LogP contribution in [-0.4, -0.2) is 22.0 Å². The maximum atomic E-state index is 12.9. The summed E-state index contributed by atoms with van der Waals surface area (Å²) in [6.07, 6.45) is 3.59. The summed E-state index contributed by atoms with van der Waals surface area (Å²) in [7, 11) is 1.94. The Kier molecular flexibility index (Phi) is 3.05. The van der Waals surface area contributed by atoms with Crippen molar-refractivity contribution in [3.63, 3.8) is 0 Å². The Morgan fingerprint density at radius 3 is 2.93 bits per heavy atom. The summed E-state index contributed by atoms with van der Waals surface area (Å²) in [6.45, 7) is 2.84. The highest BCUT2D eigenvalue weighted by atomic mass is 19.1. The molecule has 1 heterocycles. The third-order valence-electron chi connectivity index (χ3n) is 3.20. The lowest BCUT2D eigenvalue weighted by Gasteiger charge is -2.12. The average Bonchev–Trinajstić information content (AvgIpc) is 2.73. The van der Waals surface area contributed by atoms with E-state index in [9.17, 15) is 4.39 Å². The molecular weight excluding hydrogens is 193 g/mol. The van der Waals surface area contributed by atoms with Crippen LogP contribution >= 0.6 is 0 Å². The second kappa shape index (κ2) is 4.31. The van der Waals surface area contributed by atoms with Gasteiger partial charge in [-0.05, 0) is 31.7 Å². The van der Waals surface area contributed by atoms with E-state index >= 15 is 0 Å². The summed E-state index contributed by atoms with van der Waals surface area (Å²) >= 11 is 0. The minimum Gasteiger partial charge on any atom is -0.308 e. The van der Waals surface area contributed by atoms with E-state index in [1.165, 1.54) is 11.3 Å². The van der Waals surface area contributed by atoms with Crippen molar-refractivity contribution in [1.29, 1.82) is 0 Å². The molecule has 15 heavy (non-hydrogen) atoms. The molecule has 4 heteroatoms. The minimum atomic E-state index is -0.602. The van der Waals surface area contributed by atoms with Crippen molar-refractivity contribution in [1.82, 2.24) is 15.1 Å². The van der Waals surface area contributed by atoms with E-state index in [4.69, 9.17) is 0 Å². The second-order valence-corrected chi connectivity index (χ2v) is 4.39. The summed E-state index contributed by atoms with van der Waals surface area (Å²) in [6, 6.07) is 0.342. The number of nitrogens with zero attached hydrogens (tertiary/aromatic N) is 2. The van der Waals surface area contributed by atoms with Gasteiger partial charge < -0.3 is 5.32 Å². The van der Waals surface area contributed by atoms with Gasteiger partial charge in [0.25, 0.3) is 0 Å². The molecule has 1 aliphatic carbocycles. The highest BCUT2D eigenvalue weighted by Crippen LogP contribution is 2.22. The molecule has 1 saturated carbocycles. The fourth-order valence-electron chi connectivity index (χ4n) is 2.18. The van der Waals surface area contributed by atoms with Crippen LogP contribution in [0.1, 0.15) is 30.5 Å². The lowest BCUT2D eigenvalue weighted by atomic mass is 10.2. The summed E-state index contributed by atoms with van der Waals surface area (Å²) in [5.74, 6) is 0. The zero-order chi connectivity index (χ0) is 10.8. The van der Waals surface area contributed by atoms with Crippen LogP contribution in [0, 0.1) is 6.92 Å². The number of hydrogen-bond donors (Lipinski definition) is 1. The van der Waals surface area contributed by atoms with Crippen molar-refractivity contribution in [2.24, 2.45) is 7.05 Å². The van der Waals surface area contributed by atoms with E-state index in [0.717, 1.165) is 13.0 Å². The van der Waals surface area contributed by atoms with Gasteiger partial charge in [-0.1, -0.05) is 0 Å². The van der Waals surface area contributed by atoms with Gasteiger partial charge in [0, 0.05) is 19.6 Å². The third kappa shape index (κ3) is 2.37. The van der Waals surface area contributed by atoms with Crippen LogP contribution in [0.15, 0.2) is 6.20 Å². The molecule has 1 aromatic rings. The molecular formula is C11H18FN3. The minimum absolute atomic E-state index is 0.342. The molecule has 0 aromatic carbocycles. The van der Waals surface area contributed by atoms with Gasteiger partial charge in [-0.3, -0.25) is 4.68 Å². The van der Waals surface area contributed by atoms with E-state index in [2.05, 4.69) is 17.3 Å². The third-order valence-corrected chi connectivity index (χ3v) is 3.20. The number of aromatic nitrogens is 2. The Labute approximate surface area is 89.7 Å². The summed E-state index contributed by atoms with van der Waals surface area (Å²) in [5, 5.41) is 7.57. The Morgan fingerprint density at radius 1 is 1.60 bits per heavy atom. The van der Waals surface area contributed by atoms with Crippen LogP contribution in [0.5, 0.6) is 0 Å². The fraction of sp³-hybridized carbons (Fsp3) is 0.727. The molecule has 0 radical (unpaired) electrons. The number of hydrogen-bond acceptors (Lipinski definition) is 2. The Morgan fingerprint density at radius 2 is 2.40 bits per heavy atom. The molecule has 1 aromatic heterocycles. The van der Waals surface area contributed by atoms with Crippen molar-refractivity contribution < 1.29 is 4.39 Å². The standard InChI is InChI=1S/C11H18FN3/c1-8-6-14-15(2)11(8)7-13-10-4-3-9(12)5-10/h6,9-10,13H,3-5,7H2,1-2H3/t9-,10+/m1/s1. The molecule has 84 valence electrons. The topological polar surface area (TPSA) is 29.9 Å². The molecule has 0 spiro atoms. The largest absolute Gasteiger partial charge is 0.308 e. The first-order chi connectivity index (χ1) is 7.16. The van der Waals surface area contributed by atoms with E-state index in [-0.39, 0.29) is 0 Å². The molecule has 0 saturated heterocycles. The SMILES string of the molecule is Cc1cnn(C)c1CN[C@H]1CC[C@@H](F)C1. The van der Waals surface area contributed by atoms with E-state index in [0.29, 0.717) is 18.9 Å². The lowest BCUT2D eigenvalue weighted by Crippen LogP contribution is -2.27. The van der Waals surface area contributed by atoms with Crippen molar-refractivity contribution in [3.05, 3.63) is 17.5 Å². The zero-order valence-corrected chi connectivity index (χ0v) is 9.33. The Bertz CT molecular complexity index is 315. The van der Waals surface area contributed by atoms with Crippen molar-refractivity contribution in [3.8, 4) is 0 Å². The molecule has 3 nitrogen and oxygen atoms in total. The number of aryl methyl sites for hydroxylation is 2. The first kappa shape index (κ1) is 10.6. The van der Waals surface area contributed by atoms with Crippen LogP contribution in [0.25, 0.3) is 0 Å². The highest BCUT2D eigenvalue weighted by molar-refractivity contribution is 5.15. The first-order valence-corrected chi connectivity index (χ1v) is 5.51. The van der Waals surface area contributed by atoms with Crippen LogP contribution < -0.4 is 5.32 Å². The smallest absolute Gasteiger partial charge is 0.102 e. The van der Waals surface area contributed by atoms with E-state index in [1.807, 2.05) is 17.9 Å². The van der Waals surface area contributed by atoms with Gasteiger partial charge in [0.1, 0.15) is 6.17 Å². The first-order valence-electron chi connectivity index (χ1n) is 5.51. The molecule has 1 N–H and O–H groups in total. The van der Waals surface area contributed by atoms with Crippen LogP contribution in [0.3, 0.4) is 0 Å². The number of nitrogens with one attached hydrogen (secondary N) is 1. The van der Waals surface area contributed by atoms with Gasteiger partial charge in [-0.2, -0.15) is 5.10 Å². The molecule has 1 fully saturated rings.